The standard InChI is InChI=1S/C18H13BrClN3O3/c19-12-4-2-11(3-5-12)18(16(25)21-17(26)22-18)9-23-8-10-1-6-13(20)7-14(10)15(23)24/h1-8,24H,9H2,(H2,21,22,25,26)/t18-/m0/s1. The predicted molar refractivity (Wildman–Crippen MR) is 101 cm³/mol. The van der Waals surface area contributed by atoms with E-state index >= 15 is 0 Å². The van der Waals surface area contributed by atoms with Crippen molar-refractivity contribution in [2.75, 3.05) is 0 Å². The molecule has 0 unspecified atom stereocenters. The number of benzene rings is 2. The highest BCUT2D eigenvalue weighted by Gasteiger charge is 2.48. The summed E-state index contributed by atoms with van der Waals surface area (Å²) >= 11 is 9.37. The fourth-order valence-corrected chi connectivity index (χ4v) is 3.66. The molecule has 8 heteroatoms. The highest BCUT2D eigenvalue weighted by Crippen LogP contribution is 2.34. The zero-order chi connectivity index (χ0) is 18.5. The molecule has 0 saturated carbocycles. The van der Waals surface area contributed by atoms with E-state index in [4.69, 9.17) is 11.6 Å². The molecule has 1 saturated heterocycles. The van der Waals surface area contributed by atoms with Gasteiger partial charge in [0.1, 0.15) is 0 Å². The van der Waals surface area contributed by atoms with Crippen LogP contribution in [0, 0.1) is 0 Å². The molecule has 132 valence electrons. The van der Waals surface area contributed by atoms with Gasteiger partial charge in [-0.2, -0.15) is 0 Å². The van der Waals surface area contributed by atoms with Crippen molar-refractivity contribution >= 4 is 50.2 Å². The number of urea groups is 1. The number of rotatable bonds is 3. The molecule has 2 aromatic carbocycles. The van der Waals surface area contributed by atoms with Crippen molar-refractivity contribution in [3.8, 4) is 5.88 Å². The Morgan fingerprint density at radius 1 is 1.15 bits per heavy atom. The third kappa shape index (κ3) is 2.64. The van der Waals surface area contributed by atoms with E-state index in [-0.39, 0.29) is 12.4 Å². The quantitative estimate of drug-likeness (QED) is 0.552. The minimum Gasteiger partial charge on any atom is -0.494 e. The molecule has 4 rings (SSSR count). The van der Waals surface area contributed by atoms with Crippen molar-refractivity contribution < 1.29 is 14.7 Å². The molecule has 0 spiro atoms. The molecule has 2 heterocycles. The summed E-state index contributed by atoms with van der Waals surface area (Å²) in [5.41, 5.74) is -0.715. The van der Waals surface area contributed by atoms with Crippen molar-refractivity contribution in [3.05, 3.63) is 63.7 Å². The van der Waals surface area contributed by atoms with Gasteiger partial charge in [-0.3, -0.25) is 10.1 Å². The minimum atomic E-state index is -1.33. The minimum absolute atomic E-state index is 0.0204. The number of imide groups is 1. The van der Waals surface area contributed by atoms with E-state index in [1.54, 1.807) is 48.7 Å². The first-order chi connectivity index (χ1) is 12.4. The van der Waals surface area contributed by atoms with Gasteiger partial charge in [0, 0.05) is 26.5 Å². The molecule has 3 aromatic rings. The van der Waals surface area contributed by atoms with Gasteiger partial charge in [-0.1, -0.05) is 45.7 Å². The lowest BCUT2D eigenvalue weighted by Crippen LogP contribution is -2.47. The number of nitrogens with one attached hydrogen (secondary N) is 2. The second-order valence-corrected chi connectivity index (χ2v) is 7.48. The summed E-state index contributed by atoms with van der Waals surface area (Å²) in [5.74, 6) is -0.493. The van der Waals surface area contributed by atoms with Gasteiger partial charge in [0.25, 0.3) is 5.91 Å². The summed E-state index contributed by atoms with van der Waals surface area (Å²) in [5, 5.41) is 17.4. The highest BCUT2D eigenvalue weighted by molar-refractivity contribution is 9.10. The molecule has 3 N–H and O–H groups in total. The number of amides is 3. The number of aromatic hydroxyl groups is 1. The molecule has 1 aliphatic heterocycles. The van der Waals surface area contributed by atoms with E-state index in [1.807, 2.05) is 0 Å². The summed E-state index contributed by atoms with van der Waals surface area (Å²) in [7, 11) is 0. The molecule has 3 amide bonds. The van der Waals surface area contributed by atoms with E-state index in [9.17, 15) is 14.7 Å². The molecule has 1 atom stereocenters. The first kappa shape index (κ1) is 16.9. The van der Waals surface area contributed by atoms with Crippen LogP contribution in [0.3, 0.4) is 0 Å². The van der Waals surface area contributed by atoms with Gasteiger partial charge in [0.15, 0.2) is 11.4 Å². The van der Waals surface area contributed by atoms with Crippen molar-refractivity contribution in [3.63, 3.8) is 0 Å². The SMILES string of the molecule is O=C1NC(=O)[C@](Cn2cc3ccc(Cl)cc3c2O)(c2ccc(Br)cc2)N1. The number of carbonyl (C=O) groups excluding carboxylic acids is 2. The number of halogens is 2. The van der Waals surface area contributed by atoms with Gasteiger partial charge in [-0.25, -0.2) is 4.79 Å². The lowest BCUT2D eigenvalue weighted by Gasteiger charge is -2.27. The molecule has 0 radical (unpaired) electrons. The summed E-state index contributed by atoms with van der Waals surface area (Å²) < 4.78 is 2.39. The largest absolute Gasteiger partial charge is 0.494 e. The Morgan fingerprint density at radius 2 is 1.88 bits per heavy atom. The molecule has 1 aromatic heterocycles. The summed E-state index contributed by atoms with van der Waals surface area (Å²) in [6.07, 6.45) is 1.72. The normalized spacial score (nSPS) is 19.6. The predicted octanol–water partition coefficient (Wildman–Crippen LogP) is 3.50. The average molecular weight is 435 g/mol. The van der Waals surface area contributed by atoms with Crippen LogP contribution in [-0.2, 0) is 16.9 Å². The first-order valence-corrected chi connectivity index (χ1v) is 8.93. The number of aromatic nitrogens is 1. The van der Waals surface area contributed by atoms with Gasteiger partial charge in [-0.15, -0.1) is 0 Å². The van der Waals surface area contributed by atoms with Crippen LogP contribution in [0.2, 0.25) is 5.02 Å². The Balaban J connectivity index is 1.84. The topological polar surface area (TPSA) is 83.4 Å². The van der Waals surface area contributed by atoms with Crippen LogP contribution in [0.4, 0.5) is 4.79 Å². The van der Waals surface area contributed by atoms with Crippen molar-refractivity contribution in [2.24, 2.45) is 0 Å². The Hall–Kier alpha value is -2.51. The van der Waals surface area contributed by atoms with Crippen LogP contribution >= 0.6 is 27.5 Å². The van der Waals surface area contributed by atoms with Crippen molar-refractivity contribution in [1.29, 1.82) is 0 Å². The van der Waals surface area contributed by atoms with Gasteiger partial charge in [-0.05, 0) is 29.8 Å². The average Bonchev–Trinajstić information content (AvgIpc) is 3.06. The highest BCUT2D eigenvalue weighted by atomic mass is 79.9. The smallest absolute Gasteiger partial charge is 0.322 e. The van der Waals surface area contributed by atoms with E-state index in [1.165, 1.54) is 4.57 Å². The van der Waals surface area contributed by atoms with E-state index in [2.05, 4.69) is 26.6 Å². The first-order valence-electron chi connectivity index (χ1n) is 7.76. The zero-order valence-corrected chi connectivity index (χ0v) is 15.6. The molecule has 1 aliphatic rings. The van der Waals surface area contributed by atoms with Crippen LogP contribution < -0.4 is 10.6 Å². The fourth-order valence-electron chi connectivity index (χ4n) is 3.23. The van der Waals surface area contributed by atoms with Gasteiger partial charge in [0.05, 0.1) is 6.54 Å². The maximum atomic E-state index is 12.7. The van der Waals surface area contributed by atoms with E-state index in [0.717, 1.165) is 9.86 Å². The number of nitrogens with zero attached hydrogens (tertiary/aromatic N) is 1. The summed E-state index contributed by atoms with van der Waals surface area (Å²) in [4.78, 5) is 24.5. The third-order valence-electron chi connectivity index (χ3n) is 4.51. The maximum Gasteiger partial charge on any atom is 0.322 e. The Bertz CT molecular complexity index is 1050. The molecular weight excluding hydrogens is 422 g/mol. The molecule has 26 heavy (non-hydrogen) atoms. The molecule has 0 bridgehead atoms. The fraction of sp³-hybridized carbons (Fsp3) is 0.111. The Labute approximate surface area is 161 Å². The number of carbonyl (C=O) groups is 2. The second-order valence-electron chi connectivity index (χ2n) is 6.13. The number of fused-ring (bicyclic) bond motifs is 1. The van der Waals surface area contributed by atoms with Crippen LogP contribution in [0.15, 0.2) is 53.1 Å². The van der Waals surface area contributed by atoms with E-state index in [0.29, 0.717) is 16.0 Å². The van der Waals surface area contributed by atoms with Crippen molar-refractivity contribution in [1.82, 2.24) is 15.2 Å². The summed E-state index contributed by atoms with van der Waals surface area (Å²) in [6, 6.07) is 11.7. The Morgan fingerprint density at radius 3 is 2.54 bits per heavy atom. The van der Waals surface area contributed by atoms with Gasteiger partial charge >= 0.3 is 6.03 Å². The van der Waals surface area contributed by atoms with Crippen LogP contribution in [-0.4, -0.2) is 21.6 Å². The second kappa shape index (κ2) is 6.03. The third-order valence-corrected chi connectivity index (χ3v) is 5.27. The monoisotopic (exact) mass is 433 g/mol. The molecule has 1 fully saturated rings. The maximum absolute atomic E-state index is 12.7. The van der Waals surface area contributed by atoms with E-state index < -0.39 is 17.5 Å². The summed E-state index contributed by atoms with van der Waals surface area (Å²) in [6.45, 7) is 0.0321. The Kier molecular flexibility index (Phi) is 3.93. The molecule has 6 nitrogen and oxygen atoms in total. The molecular formula is C18H13BrClN3O3. The lowest BCUT2D eigenvalue weighted by atomic mass is 9.90. The molecule has 0 aliphatic carbocycles. The zero-order valence-electron chi connectivity index (χ0n) is 13.3. The number of hydrogen-bond acceptors (Lipinski definition) is 3. The van der Waals surface area contributed by atoms with Gasteiger partial charge in [0.2, 0.25) is 0 Å². The van der Waals surface area contributed by atoms with Gasteiger partial charge < -0.3 is 15.0 Å². The van der Waals surface area contributed by atoms with Crippen LogP contribution in [0.1, 0.15) is 5.56 Å². The number of hydrogen-bond donors (Lipinski definition) is 3. The van der Waals surface area contributed by atoms with Crippen LogP contribution in [0.5, 0.6) is 5.88 Å². The van der Waals surface area contributed by atoms with Crippen LogP contribution in [0.25, 0.3) is 10.8 Å². The lowest BCUT2D eigenvalue weighted by molar-refractivity contribution is -0.124. The van der Waals surface area contributed by atoms with Crippen molar-refractivity contribution in [2.45, 2.75) is 12.1 Å².